The van der Waals surface area contributed by atoms with Crippen molar-refractivity contribution in [2.24, 2.45) is 0 Å². The Hall–Kier alpha value is -4.51. The summed E-state index contributed by atoms with van der Waals surface area (Å²) in [6.45, 7) is 8.14. The van der Waals surface area contributed by atoms with E-state index in [9.17, 15) is 22.8 Å². The number of alkyl halides is 3. The Kier molecular flexibility index (Phi) is 8.01. The van der Waals surface area contributed by atoms with Gasteiger partial charge in [0.2, 0.25) is 5.88 Å². The first-order valence-electron chi connectivity index (χ1n) is 12.6. The highest BCUT2D eigenvalue weighted by Gasteiger charge is 2.50. The first-order valence-corrected chi connectivity index (χ1v) is 13.0. The van der Waals surface area contributed by atoms with Crippen molar-refractivity contribution in [2.75, 3.05) is 23.0 Å². The normalized spacial score (nSPS) is 15.1. The molecule has 1 saturated heterocycles. The van der Waals surface area contributed by atoms with Crippen molar-refractivity contribution in [2.45, 2.75) is 51.9 Å². The van der Waals surface area contributed by atoms with Gasteiger partial charge >= 0.3 is 12.3 Å². The van der Waals surface area contributed by atoms with Crippen molar-refractivity contribution in [1.29, 1.82) is 5.26 Å². The zero-order chi connectivity index (χ0) is 31.0. The molecule has 3 aromatic rings. The van der Waals surface area contributed by atoms with Crippen LogP contribution in [-0.4, -0.2) is 51.5 Å². The highest BCUT2D eigenvalue weighted by atomic mass is 32.1. The average molecular weight is 602 g/mol. The van der Waals surface area contributed by atoms with Gasteiger partial charge in [0.1, 0.15) is 30.7 Å². The minimum atomic E-state index is -4.81. The van der Waals surface area contributed by atoms with E-state index in [1.54, 1.807) is 52.8 Å². The molecule has 42 heavy (non-hydrogen) atoms. The fourth-order valence-corrected chi connectivity index (χ4v) is 4.80. The van der Waals surface area contributed by atoms with Crippen molar-refractivity contribution >= 4 is 51.7 Å². The van der Waals surface area contributed by atoms with E-state index < -0.39 is 40.5 Å². The van der Waals surface area contributed by atoms with Crippen LogP contribution in [0.1, 0.15) is 45.7 Å². The molecule has 14 heteroatoms. The molecule has 10 nitrogen and oxygen atoms in total. The Bertz CT molecular complexity index is 1610. The van der Waals surface area contributed by atoms with Gasteiger partial charge in [0.25, 0.3) is 5.91 Å². The Morgan fingerprint density at radius 3 is 2.40 bits per heavy atom. The number of nitrogens with zero attached hydrogens (tertiary/aromatic N) is 5. The lowest BCUT2D eigenvalue weighted by atomic mass is 10.0. The van der Waals surface area contributed by atoms with E-state index in [0.717, 1.165) is 17.0 Å². The van der Waals surface area contributed by atoms with Crippen LogP contribution >= 0.6 is 12.2 Å². The third kappa shape index (κ3) is 6.06. The molecule has 0 saturated carbocycles. The van der Waals surface area contributed by atoms with Gasteiger partial charge in [0.05, 0.1) is 33.8 Å². The standard InChI is InChI=1S/C28H26F3N5O5S/c1-26(2,3)41-25(38)40-11-10-39-22-19-12-18(8-9-21(19)33-15-34-22)36-24(42)35(23(37)27(36,4)5)17-7-6-16(14-32)20(13-17)28(29,30)31/h6-9,12-13,15H,10-11H2,1-5H3. The second kappa shape index (κ2) is 11.1. The van der Waals surface area contributed by atoms with Gasteiger partial charge in [0.15, 0.2) is 5.11 Å². The molecule has 0 N–H and O–H groups in total. The minimum absolute atomic E-state index is 0.0459. The molecular weight excluding hydrogens is 575 g/mol. The average Bonchev–Trinajstić information content (AvgIpc) is 3.07. The molecule has 0 spiro atoms. The molecule has 0 radical (unpaired) electrons. The van der Waals surface area contributed by atoms with E-state index in [4.69, 9.17) is 31.7 Å². The number of fused-ring (bicyclic) bond motifs is 1. The summed E-state index contributed by atoms with van der Waals surface area (Å²) in [7, 11) is 0. The smallest absolute Gasteiger partial charge is 0.474 e. The predicted octanol–water partition coefficient (Wildman–Crippen LogP) is 5.77. The molecule has 0 unspecified atom stereocenters. The van der Waals surface area contributed by atoms with Crippen molar-refractivity contribution < 1.29 is 37.0 Å². The summed E-state index contributed by atoms with van der Waals surface area (Å²) in [4.78, 5) is 36.2. The van der Waals surface area contributed by atoms with Gasteiger partial charge in [-0.2, -0.15) is 18.4 Å². The molecule has 4 rings (SSSR count). The third-order valence-electron chi connectivity index (χ3n) is 6.13. The number of ether oxygens (including phenoxy) is 3. The summed E-state index contributed by atoms with van der Waals surface area (Å²) >= 11 is 5.62. The first-order chi connectivity index (χ1) is 19.5. The molecule has 2 aromatic carbocycles. The lowest BCUT2D eigenvalue weighted by Gasteiger charge is -2.29. The molecule has 1 amide bonds. The molecule has 1 aliphatic rings. The number of rotatable bonds is 6. The lowest BCUT2D eigenvalue weighted by molar-refractivity contribution is -0.137. The van der Waals surface area contributed by atoms with Gasteiger partial charge in [-0.05, 0) is 83.2 Å². The van der Waals surface area contributed by atoms with Crippen LogP contribution < -0.4 is 14.5 Å². The van der Waals surface area contributed by atoms with Crippen molar-refractivity contribution in [3.63, 3.8) is 0 Å². The number of thiocarbonyl (C=S) groups is 1. The minimum Gasteiger partial charge on any atom is -0.474 e. The van der Waals surface area contributed by atoms with Crippen LogP contribution in [0.3, 0.4) is 0 Å². The number of anilines is 2. The molecule has 1 aromatic heterocycles. The van der Waals surface area contributed by atoms with E-state index >= 15 is 0 Å². The van der Waals surface area contributed by atoms with Crippen LogP contribution in [0.2, 0.25) is 0 Å². The molecule has 2 heterocycles. The summed E-state index contributed by atoms with van der Waals surface area (Å²) in [6, 6.07) is 9.48. The number of carbonyl (C=O) groups excluding carboxylic acids is 2. The molecule has 0 bridgehead atoms. The van der Waals surface area contributed by atoms with E-state index in [2.05, 4.69) is 9.97 Å². The number of hydrogen-bond donors (Lipinski definition) is 0. The van der Waals surface area contributed by atoms with Gasteiger partial charge in [-0.1, -0.05) is 0 Å². The number of hydrogen-bond acceptors (Lipinski definition) is 9. The Morgan fingerprint density at radius 2 is 1.76 bits per heavy atom. The summed E-state index contributed by atoms with van der Waals surface area (Å²) in [6.07, 6.45) is -4.36. The second-order valence-electron chi connectivity index (χ2n) is 10.7. The Morgan fingerprint density at radius 1 is 1.07 bits per heavy atom. The highest BCUT2D eigenvalue weighted by Crippen LogP contribution is 2.40. The van der Waals surface area contributed by atoms with Crippen LogP contribution in [0, 0.1) is 11.3 Å². The second-order valence-corrected chi connectivity index (χ2v) is 11.1. The van der Waals surface area contributed by atoms with Crippen LogP contribution in [0.15, 0.2) is 42.7 Å². The summed E-state index contributed by atoms with van der Waals surface area (Å²) in [5.74, 6) is -0.395. The van der Waals surface area contributed by atoms with E-state index in [1.807, 2.05) is 0 Å². The van der Waals surface area contributed by atoms with Gasteiger partial charge in [-0.3, -0.25) is 9.69 Å². The Labute approximate surface area is 244 Å². The van der Waals surface area contributed by atoms with Crippen LogP contribution in [0.25, 0.3) is 10.9 Å². The number of benzene rings is 2. The van der Waals surface area contributed by atoms with Gasteiger partial charge in [-0.15, -0.1) is 0 Å². The first kappa shape index (κ1) is 30.4. The maximum absolute atomic E-state index is 13.6. The van der Waals surface area contributed by atoms with E-state index in [0.29, 0.717) is 16.6 Å². The Balaban J connectivity index is 1.63. The van der Waals surface area contributed by atoms with Crippen molar-refractivity contribution in [3.05, 3.63) is 53.9 Å². The number of amides is 1. The predicted molar refractivity (Wildman–Crippen MR) is 150 cm³/mol. The van der Waals surface area contributed by atoms with Crippen LogP contribution in [-0.2, 0) is 20.4 Å². The van der Waals surface area contributed by atoms with Gasteiger partial charge in [-0.25, -0.2) is 14.8 Å². The summed E-state index contributed by atoms with van der Waals surface area (Å²) in [5.41, 5.74) is -2.93. The van der Waals surface area contributed by atoms with Crippen LogP contribution in [0.5, 0.6) is 5.88 Å². The highest BCUT2D eigenvalue weighted by molar-refractivity contribution is 7.81. The fraction of sp³-hybridized carbons (Fsp3) is 0.357. The molecule has 1 fully saturated rings. The number of nitriles is 1. The monoisotopic (exact) mass is 601 g/mol. The number of halogens is 3. The largest absolute Gasteiger partial charge is 0.508 e. The maximum Gasteiger partial charge on any atom is 0.508 e. The molecule has 0 aliphatic carbocycles. The van der Waals surface area contributed by atoms with Crippen molar-refractivity contribution in [1.82, 2.24) is 9.97 Å². The van der Waals surface area contributed by atoms with Gasteiger partial charge < -0.3 is 19.1 Å². The van der Waals surface area contributed by atoms with Crippen LogP contribution in [0.4, 0.5) is 29.3 Å². The SMILES string of the molecule is CC(C)(C)OC(=O)OCCOc1ncnc2ccc(N3C(=S)N(c4ccc(C#N)c(C(F)(F)F)c4)C(=O)C3(C)C)cc12. The molecular formula is C28H26F3N5O5S. The zero-order valence-corrected chi connectivity index (χ0v) is 24.1. The third-order valence-corrected chi connectivity index (χ3v) is 6.49. The van der Waals surface area contributed by atoms with Gasteiger partial charge in [0, 0.05) is 5.69 Å². The lowest BCUT2D eigenvalue weighted by Crippen LogP contribution is -2.44. The summed E-state index contributed by atoms with van der Waals surface area (Å²) < 4.78 is 56.8. The molecule has 220 valence electrons. The number of aromatic nitrogens is 2. The topological polar surface area (TPSA) is 118 Å². The quantitative estimate of drug-likeness (QED) is 0.196. The maximum atomic E-state index is 13.6. The van der Waals surface area contributed by atoms with Crippen molar-refractivity contribution in [3.8, 4) is 11.9 Å². The number of carbonyl (C=O) groups is 2. The zero-order valence-electron chi connectivity index (χ0n) is 23.3. The van der Waals surface area contributed by atoms with E-state index in [1.165, 1.54) is 23.4 Å². The summed E-state index contributed by atoms with van der Waals surface area (Å²) in [5, 5.41) is 9.54. The fourth-order valence-electron chi connectivity index (χ4n) is 4.28. The molecule has 0 atom stereocenters. The molecule has 1 aliphatic heterocycles. The van der Waals surface area contributed by atoms with E-state index in [-0.39, 0.29) is 29.9 Å².